The summed E-state index contributed by atoms with van der Waals surface area (Å²) in [6, 6.07) is 13.9. The van der Waals surface area contributed by atoms with Gasteiger partial charge in [-0.25, -0.2) is 0 Å². The molecule has 140 valence electrons. The van der Waals surface area contributed by atoms with E-state index in [1.165, 1.54) is 6.42 Å². The minimum absolute atomic E-state index is 0.225. The number of phenolic OH excluding ortho intramolecular Hbond substituents is 1. The van der Waals surface area contributed by atoms with E-state index in [2.05, 4.69) is 20.8 Å². The minimum atomic E-state index is -0.225. The Balaban J connectivity index is 1.63. The highest BCUT2D eigenvalue weighted by Crippen LogP contribution is 2.56. The van der Waals surface area contributed by atoms with E-state index >= 15 is 0 Å². The van der Waals surface area contributed by atoms with Crippen LogP contribution in [0, 0.1) is 11.8 Å². The maximum Gasteiger partial charge on any atom is 0.135 e. The molecular weight excluding hydrogens is 336 g/mol. The predicted octanol–water partition coefficient (Wildman–Crippen LogP) is 6.50. The van der Waals surface area contributed by atoms with Crippen LogP contribution in [0.2, 0.25) is 0 Å². The van der Waals surface area contributed by atoms with Crippen molar-refractivity contribution in [2.75, 3.05) is 0 Å². The van der Waals surface area contributed by atoms with E-state index in [9.17, 15) is 5.11 Å². The Bertz CT molecular complexity index is 981. The Hall–Kier alpha value is -2.42. The highest BCUT2D eigenvalue weighted by molar-refractivity contribution is 5.83. The van der Waals surface area contributed by atoms with Gasteiger partial charge >= 0.3 is 0 Å². The number of furan rings is 1. The zero-order valence-electron chi connectivity index (χ0n) is 16.2. The monoisotopic (exact) mass is 362 g/mol. The van der Waals surface area contributed by atoms with Crippen molar-refractivity contribution in [1.29, 1.82) is 0 Å². The van der Waals surface area contributed by atoms with Crippen LogP contribution >= 0.6 is 0 Å². The first-order chi connectivity index (χ1) is 12.9. The normalized spacial score (nSPS) is 26.3. The van der Waals surface area contributed by atoms with E-state index in [-0.39, 0.29) is 5.60 Å². The molecule has 5 rings (SSSR count). The molecule has 2 heterocycles. The van der Waals surface area contributed by atoms with Gasteiger partial charge in [0, 0.05) is 22.4 Å². The summed E-state index contributed by atoms with van der Waals surface area (Å²) in [4.78, 5) is 0. The molecule has 0 unspecified atom stereocenters. The Kier molecular flexibility index (Phi) is 3.59. The highest BCUT2D eigenvalue weighted by atomic mass is 16.5. The smallest absolute Gasteiger partial charge is 0.135 e. The molecule has 2 aliphatic rings. The van der Waals surface area contributed by atoms with Crippen molar-refractivity contribution >= 4 is 11.0 Å². The zero-order valence-corrected chi connectivity index (χ0v) is 16.2. The summed E-state index contributed by atoms with van der Waals surface area (Å²) in [5.74, 6) is 3.40. The molecular formula is C24H26O3. The summed E-state index contributed by atoms with van der Waals surface area (Å²) in [6.45, 7) is 6.70. The molecule has 1 saturated carbocycles. The Morgan fingerprint density at radius 2 is 1.89 bits per heavy atom. The number of rotatable bonds is 1. The number of fused-ring (bicyclic) bond motifs is 4. The van der Waals surface area contributed by atoms with Crippen molar-refractivity contribution in [3.63, 3.8) is 0 Å². The van der Waals surface area contributed by atoms with Gasteiger partial charge in [-0.3, -0.25) is 0 Å². The van der Waals surface area contributed by atoms with Crippen LogP contribution in [-0.2, 0) is 0 Å². The average Bonchev–Trinajstić information content (AvgIpc) is 3.04. The van der Waals surface area contributed by atoms with Gasteiger partial charge in [-0.2, -0.15) is 0 Å². The summed E-state index contributed by atoms with van der Waals surface area (Å²) in [7, 11) is 0. The molecule has 1 fully saturated rings. The summed E-state index contributed by atoms with van der Waals surface area (Å²) in [6.07, 6.45) is 3.51. The van der Waals surface area contributed by atoms with Crippen LogP contribution < -0.4 is 4.74 Å². The summed E-state index contributed by atoms with van der Waals surface area (Å²) in [5, 5.41) is 12.0. The molecule has 3 nitrogen and oxygen atoms in total. The fourth-order valence-corrected chi connectivity index (χ4v) is 5.23. The topological polar surface area (TPSA) is 42.6 Å². The van der Waals surface area contributed by atoms with Crippen LogP contribution in [0.5, 0.6) is 11.5 Å². The van der Waals surface area contributed by atoms with Crippen LogP contribution in [-0.4, -0.2) is 10.7 Å². The molecule has 1 aliphatic carbocycles. The number of hydrogen-bond acceptors (Lipinski definition) is 3. The van der Waals surface area contributed by atoms with Crippen molar-refractivity contribution in [2.45, 2.75) is 51.6 Å². The Morgan fingerprint density at radius 1 is 1.07 bits per heavy atom. The van der Waals surface area contributed by atoms with E-state index in [4.69, 9.17) is 9.15 Å². The van der Waals surface area contributed by atoms with Crippen LogP contribution in [0.15, 0.2) is 46.9 Å². The lowest BCUT2D eigenvalue weighted by Crippen LogP contribution is -2.46. The molecule has 3 atom stereocenters. The summed E-state index contributed by atoms with van der Waals surface area (Å²) < 4.78 is 12.4. The maximum atomic E-state index is 10.9. The maximum absolute atomic E-state index is 10.9. The quantitative estimate of drug-likeness (QED) is 0.537. The number of ether oxygens (including phenoxy) is 1. The molecule has 0 bridgehead atoms. The van der Waals surface area contributed by atoms with Crippen molar-refractivity contribution in [1.82, 2.24) is 0 Å². The SMILES string of the molecule is C[C@H]1CC[C@@H]2[C@@H](C1)c1c(O)cc(-c3cc4ccccc4o3)cc1OC2(C)C. The van der Waals surface area contributed by atoms with Gasteiger partial charge in [0.2, 0.25) is 0 Å². The second-order valence-electron chi connectivity index (χ2n) is 8.89. The van der Waals surface area contributed by atoms with Gasteiger partial charge in [0.1, 0.15) is 28.4 Å². The molecule has 0 saturated heterocycles. The number of hydrogen-bond donors (Lipinski definition) is 1. The third-order valence-corrected chi connectivity index (χ3v) is 6.58. The van der Waals surface area contributed by atoms with Gasteiger partial charge in [-0.15, -0.1) is 0 Å². The standard InChI is InChI=1S/C24H26O3/c1-14-8-9-18-17(10-14)23-19(25)11-16(13-22(23)27-24(18,2)3)21-12-15-6-4-5-7-20(15)26-21/h4-7,11-14,17-18,25H,8-10H2,1-3H3/t14-,17+,18+/m0/s1. The molecule has 2 aromatic carbocycles. The van der Waals surface area contributed by atoms with E-state index < -0.39 is 0 Å². The number of aromatic hydroxyl groups is 1. The molecule has 1 aliphatic heterocycles. The van der Waals surface area contributed by atoms with E-state index in [1.807, 2.05) is 42.5 Å². The first-order valence-corrected chi connectivity index (χ1v) is 9.97. The van der Waals surface area contributed by atoms with E-state index in [0.29, 0.717) is 23.5 Å². The second-order valence-corrected chi connectivity index (χ2v) is 8.89. The van der Waals surface area contributed by atoms with Gasteiger partial charge in [-0.05, 0) is 62.8 Å². The second kappa shape index (κ2) is 5.79. The Morgan fingerprint density at radius 3 is 2.70 bits per heavy atom. The average molecular weight is 362 g/mol. The number of para-hydroxylation sites is 1. The van der Waals surface area contributed by atoms with Crippen molar-refractivity contribution < 1.29 is 14.3 Å². The van der Waals surface area contributed by atoms with Crippen LogP contribution in [0.4, 0.5) is 0 Å². The van der Waals surface area contributed by atoms with Crippen LogP contribution in [0.25, 0.3) is 22.3 Å². The van der Waals surface area contributed by atoms with E-state index in [0.717, 1.165) is 46.4 Å². The first-order valence-electron chi connectivity index (χ1n) is 9.97. The van der Waals surface area contributed by atoms with Crippen LogP contribution in [0.3, 0.4) is 0 Å². The minimum Gasteiger partial charge on any atom is -0.507 e. The third-order valence-electron chi connectivity index (χ3n) is 6.58. The molecule has 1 N–H and O–H groups in total. The lowest BCUT2D eigenvalue weighted by Gasteiger charge is -2.48. The molecule has 0 spiro atoms. The zero-order chi connectivity index (χ0) is 18.8. The fourth-order valence-electron chi connectivity index (χ4n) is 5.23. The molecule has 0 radical (unpaired) electrons. The molecule has 27 heavy (non-hydrogen) atoms. The van der Waals surface area contributed by atoms with Crippen LogP contribution in [0.1, 0.15) is 51.5 Å². The van der Waals surface area contributed by atoms with Gasteiger partial charge in [0.05, 0.1) is 0 Å². The fraction of sp³-hybridized carbons (Fsp3) is 0.417. The van der Waals surface area contributed by atoms with Crippen molar-refractivity contribution in [3.05, 3.63) is 48.0 Å². The molecule has 3 aromatic rings. The Labute approximate surface area is 160 Å². The largest absolute Gasteiger partial charge is 0.507 e. The van der Waals surface area contributed by atoms with Gasteiger partial charge in [0.25, 0.3) is 0 Å². The van der Waals surface area contributed by atoms with Gasteiger partial charge in [-0.1, -0.05) is 31.5 Å². The predicted molar refractivity (Wildman–Crippen MR) is 107 cm³/mol. The molecule has 0 amide bonds. The first kappa shape index (κ1) is 16.7. The lowest BCUT2D eigenvalue weighted by molar-refractivity contribution is -0.0144. The third kappa shape index (κ3) is 2.63. The molecule has 1 aromatic heterocycles. The lowest BCUT2D eigenvalue weighted by atomic mass is 9.64. The summed E-state index contributed by atoms with van der Waals surface area (Å²) in [5.41, 5.74) is 2.48. The summed E-state index contributed by atoms with van der Waals surface area (Å²) >= 11 is 0. The van der Waals surface area contributed by atoms with E-state index in [1.54, 1.807) is 0 Å². The van der Waals surface area contributed by atoms with Gasteiger partial charge in [0.15, 0.2) is 0 Å². The number of phenols is 1. The highest BCUT2D eigenvalue weighted by Gasteiger charge is 2.47. The number of benzene rings is 2. The van der Waals surface area contributed by atoms with Crippen molar-refractivity contribution in [2.24, 2.45) is 11.8 Å². The molecule has 3 heteroatoms. The van der Waals surface area contributed by atoms with Gasteiger partial charge < -0.3 is 14.3 Å². The van der Waals surface area contributed by atoms with Crippen molar-refractivity contribution in [3.8, 4) is 22.8 Å².